The lowest BCUT2D eigenvalue weighted by Crippen LogP contribution is -2.35. The minimum Gasteiger partial charge on any atom is -0.496 e. The zero-order valence-electron chi connectivity index (χ0n) is 11.8. The van der Waals surface area contributed by atoms with E-state index in [1.54, 1.807) is 7.11 Å². The monoisotopic (exact) mass is 348 g/mol. The number of ether oxygens (including phenoxy) is 1. The average Bonchev–Trinajstić information content (AvgIpc) is 2.50. The first-order chi connectivity index (χ1) is 10.1. The lowest BCUT2D eigenvalue weighted by atomic mass is 10.0. The number of fused-ring (bicyclic) bond motifs is 1. The van der Waals surface area contributed by atoms with Gasteiger partial charge in [0, 0.05) is 16.6 Å². The smallest absolute Gasteiger partial charge is 0.315 e. The van der Waals surface area contributed by atoms with Crippen LogP contribution in [0.15, 0.2) is 47.5 Å². The number of nitrogens with one attached hydrogen (secondary N) is 2. The molecule has 0 bridgehead atoms. The summed E-state index contributed by atoms with van der Waals surface area (Å²) in [6.45, 7) is 4.45. The summed E-state index contributed by atoms with van der Waals surface area (Å²) in [5.74, 6) is 0.763. The van der Waals surface area contributed by atoms with Crippen LogP contribution in [-0.2, 0) is 6.54 Å². The van der Waals surface area contributed by atoms with Gasteiger partial charge in [-0.15, -0.1) is 0 Å². The number of hydrogen-bond donors (Lipinski definition) is 2. The topological polar surface area (TPSA) is 50.4 Å². The van der Waals surface area contributed by atoms with E-state index < -0.39 is 0 Å². The Labute approximate surface area is 132 Å². The zero-order valence-corrected chi connectivity index (χ0v) is 13.4. The maximum atomic E-state index is 11.7. The van der Waals surface area contributed by atoms with Gasteiger partial charge in [-0.1, -0.05) is 52.8 Å². The van der Waals surface area contributed by atoms with Crippen LogP contribution in [0.3, 0.4) is 0 Å². The van der Waals surface area contributed by atoms with Crippen LogP contribution < -0.4 is 15.4 Å². The summed E-state index contributed by atoms with van der Waals surface area (Å²) in [5, 5.41) is 7.72. The lowest BCUT2D eigenvalue weighted by Gasteiger charge is -2.13. The fraction of sp³-hybridized carbons (Fsp3) is 0.188. The van der Waals surface area contributed by atoms with Gasteiger partial charge in [-0.3, -0.25) is 0 Å². The van der Waals surface area contributed by atoms with Gasteiger partial charge in [-0.05, 0) is 16.8 Å². The number of halogens is 1. The molecule has 0 aliphatic heterocycles. The summed E-state index contributed by atoms with van der Waals surface area (Å²) in [6.07, 6.45) is 0. The molecule has 0 saturated carbocycles. The molecule has 2 rings (SSSR count). The second-order valence-corrected chi connectivity index (χ2v) is 5.64. The molecule has 0 aromatic heterocycles. The van der Waals surface area contributed by atoms with Crippen LogP contribution in [0.25, 0.3) is 10.8 Å². The summed E-state index contributed by atoms with van der Waals surface area (Å²) in [4.78, 5) is 11.7. The maximum Gasteiger partial charge on any atom is 0.315 e. The molecule has 2 amide bonds. The molecule has 0 unspecified atom stereocenters. The van der Waals surface area contributed by atoms with Gasteiger partial charge in [-0.2, -0.15) is 0 Å². The lowest BCUT2D eigenvalue weighted by molar-refractivity contribution is 0.241. The van der Waals surface area contributed by atoms with Crippen molar-refractivity contribution in [2.24, 2.45) is 0 Å². The molecule has 0 atom stereocenters. The Bertz CT molecular complexity index is 670. The van der Waals surface area contributed by atoms with E-state index in [1.807, 2.05) is 36.4 Å². The molecule has 110 valence electrons. The number of amides is 2. The maximum absolute atomic E-state index is 11.7. The number of methoxy groups -OCH3 is 1. The van der Waals surface area contributed by atoms with E-state index in [0.717, 1.165) is 26.6 Å². The van der Waals surface area contributed by atoms with Crippen LogP contribution in [0.4, 0.5) is 4.79 Å². The van der Waals surface area contributed by atoms with Crippen molar-refractivity contribution in [3.63, 3.8) is 0 Å². The molecule has 0 spiro atoms. The van der Waals surface area contributed by atoms with Gasteiger partial charge in [-0.25, -0.2) is 4.79 Å². The fourth-order valence-corrected chi connectivity index (χ4v) is 2.24. The van der Waals surface area contributed by atoms with Gasteiger partial charge in [0.2, 0.25) is 0 Å². The van der Waals surface area contributed by atoms with Crippen molar-refractivity contribution in [2.75, 3.05) is 13.7 Å². The Balaban J connectivity index is 2.17. The summed E-state index contributed by atoms with van der Waals surface area (Å²) < 4.78 is 6.11. The summed E-state index contributed by atoms with van der Waals surface area (Å²) in [6, 6.07) is 11.7. The first kappa shape index (κ1) is 15.4. The van der Waals surface area contributed by atoms with Crippen molar-refractivity contribution in [1.29, 1.82) is 0 Å². The molecule has 0 fully saturated rings. The van der Waals surface area contributed by atoms with Crippen LogP contribution in [-0.4, -0.2) is 19.7 Å². The molecule has 5 heteroatoms. The molecule has 4 nitrogen and oxygen atoms in total. The zero-order chi connectivity index (χ0) is 15.2. The van der Waals surface area contributed by atoms with E-state index in [9.17, 15) is 4.79 Å². The number of carbonyl (C=O) groups is 1. The molecule has 2 N–H and O–H groups in total. The van der Waals surface area contributed by atoms with Crippen molar-refractivity contribution in [3.05, 3.63) is 53.0 Å². The normalized spacial score (nSPS) is 10.2. The highest BCUT2D eigenvalue weighted by molar-refractivity contribution is 9.11. The quantitative estimate of drug-likeness (QED) is 0.867. The molecule has 2 aromatic rings. The second kappa shape index (κ2) is 7.13. The third-order valence-electron chi connectivity index (χ3n) is 3.08. The third kappa shape index (κ3) is 3.98. The Hall–Kier alpha value is -2.01. The van der Waals surface area contributed by atoms with Crippen LogP contribution >= 0.6 is 15.9 Å². The van der Waals surface area contributed by atoms with Crippen LogP contribution in [0.2, 0.25) is 0 Å². The Morgan fingerprint density at radius 3 is 2.71 bits per heavy atom. The highest BCUT2D eigenvalue weighted by atomic mass is 79.9. The molecule has 0 saturated heterocycles. The highest BCUT2D eigenvalue weighted by Crippen LogP contribution is 2.27. The van der Waals surface area contributed by atoms with Crippen LogP contribution in [0.5, 0.6) is 5.75 Å². The molecule has 0 aliphatic rings. The third-order valence-corrected chi connectivity index (χ3v) is 3.36. The van der Waals surface area contributed by atoms with Gasteiger partial charge >= 0.3 is 6.03 Å². The minimum atomic E-state index is -0.245. The molecule has 2 aromatic carbocycles. The summed E-state index contributed by atoms with van der Waals surface area (Å²) in [5.41, 5.74) is 0.961. The summed E-state index contributed by atoms with van der Waals surface area (Å²) >= 11 is 3.20. The van der Waals surface area contributed by atoms with Crippen molar-refractivity contribution in [1.82, 2.24) is 10.6 Å². The van der Waals surface area contributed by atoms with Gasteiger partial charge in [0.15, 0.2) is 0 Å². The first-order valence-corrected chi connectivity index (χ1v) is 7.30. The highest BCUT2D eigenvalue weighted by Gasteiger charge is 2.09. The standard InChI is InChI=1S/C16H17BrN2O2/c1-11(17)9-18-16(20)19-10-14-13-6-4-3-5-12(13)7-8-15(14)21-2/h3-8H,1,9-10H2,2H3,(H2,18,19,20). The van der Waals surface area contributed by atoms with E-state index in [2.05, 4.69) is 33.1 Å². The predicted octanol–water partition coefficient (Wildman–Crippen LogP) is 3.56. The number of hydrogen-bond acceptors (Lipinski definition) is 2. The first-order valence-electron chi connectivity index (χ1n) is 6.51. The van der Waals surface area contributed by atoms with Crippen LogP contribution in [0, 0.1) is 0 Å². The Morgan fingerprint density at radius 1 is 1.24 bits per heavy atom. The largest absolute Gasteiger partial charge is 0.496 e. The second-order valence-electron chi connectivity index (χ2n) is 4.52. The molecule has 0 heterocycles. The van der Waals surface area contributed by atoms with Crippen molar-refractivity contribution in [3.8, 4) is 5.75 Å². The fourth-order valence-electron chi connectivity index (χ4n) is 2.10. The molecular weight excluding hydrogens is 332 g/mol. The van der Waals surface area contributed by atoms with Crippen LogP contribution in [0.1, 0.15) is 5.56 Å². The van der Waals surface area contributed by atoms with Crippen molar-refractivity contribution < 1.29 is 9.53 Å². The molecular formula is C16H17BrN2O2. The van der Waals surface area contributed by atoms with Gasteiger partial charge in [0.1, 0.15) is 5.75 Å². The summed E-state index contributed by atoms with van der Waals surface area (Å²) in [7, 11) is 1.63. The van der Waals surface area contributed by atoms with Gasteiger partial charge < -0.3 is 15.4 Å². The van der Waals surface area contributed by atoms with E-state index in [0.29, 0.717) is 13.1 Å². The Morgan fingerprint density at radius 2 is 2.00 bits per heavy atom. The van der Waals surface area contributed by atoms with E-state index in [-0.39, 0.29) is 6.03 Å². The number of rotatable bonds is 5. The van der Waals surface area contributed by atoms with Crippen molar-refractivity contribution >= 4 is 32.7 Å². The van der Waals surface area contributed by atoms with E-state index >= 15 is 0 Å². The Kier molecular flexibility index (Phi) is 5.22. The van der Waals surface area contributed by atoms with Gasteiger partial charge in [0.05, 0.1) is 13.7 Å². The molecule has 0 radical (unpaired) electrons. The minimum absolute atomic E-state index is 0.245. The number of urea groups is 1. The van der Waals surface area contributed by atoms with Gasteiger partial charge in [0.25, 0.3) is 0 Å². The molecule has 0 aliphatic carbocycles. The average molecular weight is 349 g/mol. The van der Waals surface area contributed by atoms with E-state index in [4.69, 9.17) is 4.74 Å². The molecule has 21 heavy (non-hydrogen) atoms. The van der Waals surface area contributed by atoms with Crippen molar-refractivity contribution in [2.45, 2.75) is 6.54 Å². The van der Waals surface area contributed by atoms with E-state index in [1.165, 1.54) is 0 Å². The number of benzene rings is 2. The SMILES string of the molecule is C=C(Br)CNC(=O)NCc1c(OC)ccc2ccccc12. The predicted molar refractivity (Wildman–Crippen MR) is 88.8 cm³/mol. The number of carbonyl (C=O) groups excluding carboxylic acids is 1.